The van der Waals surface area contributed by atoms with Gasteiger partial charge in [-0.3, -0.25) is 19.2 Å². The van der Waals surface area contributed by atoms with Gasteiger partial charge in [-0.25, -0.2) is 0 Å². The van der Waals surface area contributed by atoms with Crippen LogP contribution in [-0.2, 0) is 36.8 Å². The quantitative estimate of drug-likeness (QED) is 0.244. The van der Waals surface area contributed by atoms with Crippen LogP contribution < -0.4 is 25.4 Å². The number of carbonyl (C=O) groups excluding carboxylic acids is 5. The van der Waals surface area contributed by atoms with Gasteiger partial charge in [-0.05, 0) is 81.3 Å². The van der Waals surface area contributed by atoms with E-state index in [9.17, 15) is 24.0 Å². The summed E-state index contributed by atoms with van der Waals surface area (Å²) in [4.78, 5) is 67.9. The van der Waals surface area contributed by atoms with E-state index in [0.717, 1.165) is 30.3 Å². The standard InChI is InChI=1S/C34H44N4O7/c1-3-44-25-15-11-23(12-16-25)21-28-32(41)37-29(22-24-13-17-26(18-14-24)45-4-2)34(43)38-19-7-5-10-30(38)33(42)35-27(31(40)36-28)9-6-8-20-39/h11-18,20,27-30H,3-10,19,21-22H2,1-2H3,(H,35,42)(H,36,40)(H,37,41)/t27-,28-,29-,30+/m0/s1. The number of hydrogen-bond acceptors (Lipinski definition) is 7. The Bertz CT molecular complexity index is 1310. The van der Waals surface area contributed by atoms with Crippen molar-refractivity contribution in [1.82, 2.24) is 20.9 Å². The molecule has 0 aromatic heterocycles. The zero-order valence-corrected chi connectivity index (χ0v) is 26.1. The average molecular weight is 621 g/mol. The maximum absolute atomic E-state index is 14.1. The number of ether oxygens (including phenoxy) is 2. The van der Waals surface area contributed by atoms with Gasteiger partial charge in [0.05, 0.1) is 13.2 Å². The average Bonchev–Trinajstić information content (AvgIpc) is 3.04. The normalized spacial score (nSPS) is 22.6. The molecule has 0 unspecified atom stereocenters. The predicted molar refractivity (Wildman–Crippen MR) is 168 cm³/mol. The molecular formula is C34H44N4O7. The van der Waals surface area contributed by atoms with Gasteiger partial charge >= 0.3 is 0 Å². The highest BCUT2D eigenvalue weighted by Gasteiger charge is 2.39. The first-order chi connectivity index (χ1) is 21.8. The summed E-state index contributed by atoms with van der Waals surface area (Å²) in [6.07, 6.45) is 3.87. The molecule has 2 saturated heterocycles. The minimum atomic E-state index is -1.03. The van der Waals surface area contributed by atoms with Gasteiger partial charge in [0, 0.05) is 25.8 Å². The van der Waals surface area contributed by atoms with Crippen LogP contribution in [0.3, 0.4) is 0 Å². The van der Waals surface area contributed by atoms with E-state index in [-0.39, 0.29) is 31.6 Å². The Morgan fingerprint density at radius 2 is 1.27 bits per heavy atom. The molecule has 4 rings (SSSR count). The van der Waals surface area contributed by atoms with Gasteiger partial charge in [0.25, 0.3) is 0 Å². The Hall–Kier alpha value is -4.41. The van der Waals surface area contributed by atoms with Crippen molar-refractivity contribution < 1.29 is 33.4 Å². The van der Waals surface area contributed by atoms with Gasteiger partial charge in [-0.2, -0.15) is 0 Å². The van der Waals surface area contributed by atoms with Crippen molar-refractivity contribution in [3.05, 3.63) is 59.7 Å². The van der Waals surface area contributed by atoms with Crippen molar-refractivity contribution in [3.63, 3.8) is 0 Å². The summed E-state index contributed by atoms with van der Waals surface area (Å²) in [7, 11) is 0. The maximum Gasteiger partial charge on any atom is 0.246 e. The summed E-state index contributed by atoms with van der Waals surface area (Å²) >= 11 is 0. The molecule has 0 radical (unpaired) electrons. The van der Waals surface area contributed by atoms with Crippen molar-refractivity contribution in [1.29, 1.82) is 0 Å². The minimum absolute atomic E-state index is 0.148. The highest BCUT2D eigenvalue weighted by molar-refractivity contribution is 5.97. The fourth-order valence-corrected chi connectivity index (χ4v) is 5.81. The van der Waals surface area contributed by atoms with Crippen LogP contribution in [0.25, 0.3) is 0 Å². The van der Waals surface area contributed by atoms with Crippen LogP contribution in [0.2, 0.25) is 0 Å². The molecule has 2 aliphatic heterocycles. The predicted octanol–water partition coefficient (Wildman–Crippen LogP) is 2.49. The highest BCUT2D eigenvalue weighted by atomic mass is 16.5. The number of benzene rings is 2. The van der Waals surface area contributed by atoms with E-state index in [2.05, 4.69) is 16.0 Å². The van der Waals surface area contributed by atoms with Crippen molar-refractivity contribution in [3.8, 4) is 11.5 Å². The first-order valence-electron chi connectivity index (χ1n) is 15.9. The van der Waals surface area contributed by atoms with E-state index in [4.69, 9.17) is 9.47 Å². The summed E-state index contributed by atoms with van der Waals surface area (Å²) in [5.41, 5.74) is 1.59. The number of unbranched alkanes of at least 4 members (excludes halogenated alkanes) is 1. The number of nitrogens with zero attached hydrogens (tertiary/aromatic N) is 1. The number of fused-ring (bicyclic) bond motifs is 1. The zero-order valence-electron chi connectivity index (χ0n) is 26.1. The molecule has 242 valence electrons. The van der Waals surface area contributed by atoms with Crippen molar-refractivity contribution >= 4 is 29.9 Å². The second kappa shape index (κ2) is 16.6. The maximum atomic E-state index is 14.1. The Kier molecular flexibility index (Phi) is 12.4. The van der Waals surface area contributed by atoms with E-state index in [1.807, 2.05) is 50.2 Å². The molecule has 3 N–H and O–H groups in total. The first kappa shape index (κ1) is 33.5. The Balaban J connectivity index is 1.67. The van der Waals surface area contributed by atoms with E-state index < -0.39 is 41.9 Å². The monoisotopic (exact) mass is 620 g/mol. The summed E-state index contributed by atoms with van der Waals surface area (Å²) in [6.45, 7) is 5.19. The van der Waals surface area contributed by atoms with Gasteiger partial charge < -0.3 is 35.1 Å². The number of aldehydes is 1. The van der Waals surface area contributed by atoms with Crippen molar-refractivity contribution in [2.45, 2.75) is 89.4 Å². The topological polar surface area (TPSA) is 143 Å². The van der Waals surface area contributed by atoms with Crippen molar-refractivity contribution in [2.24, 2.45) is 0 Å². The molecule has 0 saturated carbocycles. The Labute approximate surface area is 264 Å². The number of amides is 4. The lowest BCUT2D eigenvalue weighted by atomic mass is 9.96. The van der Waals surface area contributed by atoms with Gasteiger partial charge in [0.15, 0.2) is 0 Å². The molecule has 2 aromatic carbocycles. The summed E-state index contributed by atoms with van der Waals surface area (Å²) in [6, 6.07) is 10.8. The molecule has 0 spiro atoms. The third-order valence-electron chi connectivity index (χ3n) is 8.13. The third kappa shape index (κ3) is 9.29. The van der Waals surface area contributed by atoms with Gasteiger partial charge in [-0.15, -0.1) is 0 Å². The van der Waals surface area contributed by atoms with E-state index in [0.29, 0.717) is 44.1 Å². The molecule has 11 nitrogen and oxygen atoms in total. The summed E-state index contributed by atoms with van der Waals surface area (Å²) in [5.74, 6) is -0.399. The third-order valence-corrected chi connectivity index (χ3v) is 8.13. The van der Waals surface area contributed by atoms with Gasteiger partial charge in [0.2, 0.25) is 23.6 Å². The highest BCUT2D eigenvalue weighted by Crippen LogP contribution is 2.22. The lowest BCUT2D eigenvalue weighted by Crippen LogP contribution is -2.63. The number of hydrogen-bond donors (Lipinski definition) is 3. The lowest BCUT2D eigenvalue weighted by Gasteiger charge is -2.38. The smallest absolute Gasteiger partial charge is 0.246 e. The fraction of sp³-hybridized carbons (Fsp3) is 0.500. The Morgan fingerprint density at radius 1 is 0.733 bits per heavy atom. The minimum Gasteiger partial charge on any atom is -0.494 e. The largest absolute Gasteiger partial charge is 0.494 e. The number of rotatable bonds is 12. The molecule has 2 aromatic rings. The second-order valence-electron chi connectivity index (χ2n) is 11.4. The SMILES string of the molecule is CCOc1ccc(C[C@@H]2NC(=O)[C@H](CCCC=O)NC(=O)[C@H]3CCCCN3C(=O)[C@H](Cc3ccc(OCC)cc3)NC2=O)cc1. The molecule has 0 bridgehead atoms. The summed E-state index contributed by atoms with van der Waals surface area (Å²) in [5, 5.41) is 8.61. The van der Waals surface area contributed by atoms with Crippen LogP contribution in [0.4, 0.5) is 0 Å². The van der Waals surface area contributed by atoms with Gasteiger partial charge in [-0.1, -0.05) is 24.3 Å². The van der Waals surface area contributed by atoms with E-state index in [1.165, 1.54) is 0 Å². The first-order valence-corrected chi connectivity index (χ1v) is 15.9. The zero-order chi connectivity index (χ0) is 32.2. The molecule has 11 heteroatoms. The van der Waals surface area contributed by atoms with E-state index in [1.54, 1.807) is 17.0 Å². The molecule has 4 atom stereocenters. The Morgan fingerprint density at radius 3 is 1.84 bits per heavy atom. The lowest BCUT2D eigenvalue weighted by molar-refractivity contribution is -0.146. The molecular weight excluding hydrogens is 576 g/mol. The van der Waals surface area contributed by atoms with Crippen LogP contribution in [0, 0.1) is 0 Å². The van der Waals surface area contributed by atoms with E-state index >= 15 is 0 Å². The fourth-order valence-electron chi connectivity index (χ4n) is 5.81. The van der Waals surface area contributed by atoms with Crippen LogP contribution in [0.5, 0.6) is 11.5 Å². The van der Waals surface area contributed by atoms with Crippen LogP contribution in [0.1, 0.15) is 63.5 Å². The number of nitrogens with one attached hydrogen (secondary N) is 3. The molecule has 2 heterocycles. The molecule has 2 aliphatic rings. The molecule has 2 fully saturated rings. The molecule has 45 heavy (non-hydrogen) atoms. The van der Waals surface area contributed by atoms with Gasteiger partial charge in [0.1, 0.15) is 42.0 Å². The van der Waals surface area contributed by atoms with Crippen LogP contribution in [0.15, 0.2) is 48.5 Å². The molecule has 0 aliphatic carbocycles. The molecule has 4 amide bonds. The summed E-state index contributed by atoms with van der Waals surface area (Å²) < 4.78 is 11.1. The van der Waals surface area contributed by atoms with Crippen molar-refractivity contribution in [2.75, 3.05) is 19.8 Å². The second-order valence-corrected chi connectivity index (χ2v) is 11.4. The number of carbonyl (C=O) groups is 5. The van der Waals surface area contributed by atoms with Crippen LogP contribution >= 0.6 is 0 Å². The van der Waals surface area contributed by atoms with Crippen LogP contribution in [-0.4, -0.2) is 78.7 Å². The number of piperidine rings is 1.